The Balaban J connectivity index is 2.08. The van der Waals surface area contributed by atoms with Crippen molar-refractivity contribution in [2.75, 3.05) is 20.1 Å². The Morgan fingerprint density at radius 3 is 2.78 bits per heavy atom. The zero-order valence-electron chi connectivity index (χ0n) is 10.4. The average molecular weight is 244 g/mol. The molecule has 0 radical (unpaired) electrons. The van der Waals surface area contributed by atoms with E-state index in [0.717, 1.165) is 13.1 Å². The lowest BCUT2D eigenvalue weighted by Crippen LogP contribution is -2.53. The molecular formula is C13H16N4O. The van der Waals surface area contributed by atoms with Crippen LogP contribution in [0.3, 0.4) is 0 Å². The van der Waals surface area contributed by atoms with Crippen LogP contribution in [-0.2, 0) is 0 Å². The fourth-order valence-corrected chi connectivity index (χ4v) is 2.04. The van der Waals surface area contributed by atoms with E-state index in [0.29, 0.717) is 18.5 Å². The molecule has 0 bridgehead atoms. The summed E-state index contributed by atoms with van der Waals surface area (Å²) in [7, 11) is 2.02. The molecule has 1 aliphatic heterocycles. The highest BCUT2D eigenvalue weighted by molar-refractivity contribution is 5.93. The number of amides is 1. The van der Waals surface area contributed by atoms with Crippen molar-refractivity contribution in [3.05, 3.63) is 30.1 Å². The molecular weight excluding hydrogens is 228 g/mol. The molecule has 0 aliphatic carbocycles. The summed E-state index contributed by atoms with van der Waals surface area (Å²) >= 11 is 0. The van der Waals surface area contributed by atoms with Crippen LogP contribution in [0.25, 0.3) is 0 Å². The van der Waals surface area contributed by atoms with Crippen molar-refractivity contribution in [2.24, 2.45) is 0 Å². The van der Waals surface area contributed by atoms with Crippen molar-refractivity contribution >= 4 is 5.91 Å². The van der Waals surface area contributed by atoms with E-state index in [1.54, 1.807) is 24.4 Å². The normalized spacial score (nSPS) is 18.9. The number of likely N-dealkylation sites (tertiary alicyclic amines) is 1. The summed E-state index contributed by atoms with van der Waals surface area (Å²) in [5.74, 6) is -0.276. The lowest BCUT2D eigenvalue weighted by Gasteiger charge is -2.35. The van der Waals surface area contributed by atoms with Gasteiger partial charge in [0.05, 0.1) is 6.07 Å². The first-order valence-electron chi connectivity index (χ1n) is 5.98. The van der Waals surface area contributed by atoms with E-state index in [2.05, 4.69) is 21.3 Å². The van der Waals surface area contributed by atoms with Crippen molar-refractivity contribution in [3.8, 4) is 6.07 Å². The number of hydrogen-bond acceptors (Lipinski definition) is 4. The van der Waals surface area contributed by atoms with Crippen LogP contribution >= 0.6 is 0 Å². The van der Waals surface area contributed by atoms with Crippen LogP contribution in [0.1, 0.15) is 23.3 Å². The quantitative estimate of drug-likeness (QED) is 0.835. The van der Waals surface area contributed by atoms with E-state index >= 15 is 0 Å². The SMILES string of the molecule is CN1CCC(C#N)(NC(=O)c2ccccn2)CC1. The minimum Gasteiger partial charge on any atom is -0.332 e. The Morgan fingerprint density at radius 1 is 1.50 bits per heavy atom. The van der Waals surface area contributed by atoms with Gasteiger partial charge in [-0.3, -0.25) is 9.78 Å². The number of carbonyl (C=O) groups excluding carboxylic acids is 1. The zero-order chi connectivity index (χ0) is 13.0. The fourth-order valence-electron chi connectivity index (χ4n) is 2.04. The molecule has 0 unspecified atom stereocenters. The van der Waals surface area contributed by atoms with E-state index in [-0.39, 0.29) is 5.91 Å². The highest BCUT2D eigenvalue weighted by atomic mass is 16.2. The van der Waals surface area contributed by atoms with Crippen molar-refractivity contribution in [3.63, 3.8) is 0 Å². The van der Waals surface area contributed by atoms with Gasteiger partial charge in [0.1, 0.15) is 11.2 Å². The van der Waals surface area contributed by atoms with E-state index in [1.807, 2.05) is 7.05 Å². The molecule has 0 saturated carbocycles. The predicted octanol–water partition coefficient (Wildman–Crippen LogP) is 0.799. The molecule has 18 heavy (non-hydrogen) atoms. The molecule has 1 aromatic rings. The first-order chi connectivity index (χ1) is 8.65. The Kier molecular flexibility index (Phi) is 3.58. The minimum absolute atomic E-state index is 0.276. The number of piperidine rings is 1. The summed E-state index contributed by atoms with van der Waals surface area (Å²) in [6.45, 7) is 1.63. The number of aromatic nitrogens is 1. The van der Waals surface area contributed by atoms with Crippen LogP contribution in [0.2, 0.25) is 0 Å². The topological polar surface area (TPSA) is 69.0 Å². The van der Waals surface area contributed by atoms with Crippen molar-refractivity contribution in [2.45, 2.75) is 18.4 Å². The third-order valence-corrected chi connectivity index (χ3v) is 3.30. The van der Waals surface area contributed by atoms with Gasteiger partial charge in [0, 0.05) is 19.3 Å². The number of rotatable bonds is 2. The zero-order valence-corrected chi connectivity index (χ0v) is 10.4. The third kappa shape index (κ3) is 2.66. The Bertz CT molecular complexity index is 458. The Morgan fingerprint density at radius 2 is 2.22 bits per heavy atom. The van der Waals surface area contributed by atoms with E-state index in [9.17, 15) is 10.1 Å². The number of pyridine rings is 1. The third-order valence-electron chi connectivity index (χ3n) is 3.30. The predicted molar refractivity (Wildman–Crippen MR) is 66.8 cm³/mol. The van der Waals surface area contributed by atoms with E-state index < -0.39 is 5.54 Å². The van der Waals surface area contributed by atoms with Gasteiger partial charge in [-0.2, -0.15) is 5.26 Å². The van der Waals surface area contributed by atoms with Gasteiger partial charge >= 0.3 is 0 Å². The summed E-state index contributed by atoms with van der Waals surface area (Å²) in [6, 6.07) is 7.42. The summed E-state index contributed by atoms with van der Waals surface area (Å²) in [5, 5.41) is 12.1. The van der Waals surface area contributed by atoms with Gasteiger partial charge in [-0.05, 0) is 32.0 Å². The van der Waals surface area contributed by atoms with E-state index in [1.165, 1.54) is 0 Å². The number of nitriles is 1. The van der Waals surface area contributed by atoms with Crippen molar-refractivity contribution in [1.29, 1.82) is 5.26 Å². The molecule has 1 fully saturated rings. The summed E-state index contributed by atoms with van der Waals surface area (Å²) in [4.78, 5) is 18.2. The van der Waals surface area contributed by atoms with Gasteiger partial charge in [0.25, 0.3) is 5.91 Å². The molecule has 1 aromatic heterocycles. The molecule has 2 rings (SSSR count). The Labute approximate surface area is 106 Å². The van der Waals surface area contributed by atoms with Gasteiger partial charge in [0.2, 0.25) is 0 Å². The van der Waals surface area contributed by atoms with Gasteiger partial charge < -0.3 is 10.2 Å². The Hall–Kier alpha value is -1.93. The van der Waals surface area contributed by atoms with Crippen molar-refractivity contribution in [1.82, 2.24) is 15.2 Å². The molecule has 94 valence electrons. The molecule has 0 atom stereocenters. The molecule has 0 aromatic carbocycles. The molecule has 1 amide bonds. The lowest BCUT2D eigenvalue weighted by atomic mass is 9.89. The van der Waals surface area contributed by atoms with Gasteiger partial charge in [-0.1, -0.05) is 6.07 Å². The molecule has 2 heterocycles. The first-order valence-corrected chi connectivity index (χ1v) is 5.98. The van der Waals surface area contributed by atoms with Crippen LogP contribution in [0.15, 0.2) is 24.4 Å². The number of carbonyl (C=O) groups is 1. The van der Waals surface area contributed by atoms with Crippen LogP contribution in [0, 0.1) is 11.3 Å². The molecule has 5 heteroatoms. The van der Waals surface area contributed by atoms with Crippen LogP contribution in [0.5, 0.6) is 0 Å². The second kappa shape index (κ2) is 5.15. The number of nitrogens with zero attached hydrogens (tertiary/aromatic N) is 3. The molecule has 0 spiro atoms. The maximum atomic E-state index is 12.0. The molecule has 1 N–H and O–H groups in total. The first kappa shape index (κ1) is 12.5. The van der Waals surface area contributed by atoms with Crippen LogP contribution < -0.4 is 5.32 Å². The number of nitrogens with one attached hydrogen (secondary N) is 1. The average Bonchev–Trinajstić information content (AvgIpc) is 2.43. The van der Waals surface area contributed by atoms with Gasteiger partial charge in [0.15, 0.2) is 0 Å². The van der Waals surface area contributed by atoms with Crippen molar-refractivity contribution < 1.29 is 4.79 Å². The monoisotopic (exact) mass is 244 g/mol. The maximum absolute atomic E-state index is 12.0. The molecule has 1 saturated heterocycles. The molecule has 5 nitrogen and oxygen atoms in total. The fraction of sp³-hybridized carbons (Fsp3) is 0.462. The lowest BCUT2D eigenvalue weighted by molar-refractivity contribution is 0.0877. The van der Waals surface area contributed by atoms with E-state index in [4.69, 9.17) is 0 Å². The standard InChI is InChI=1S/C13H16N4O/c1-17-8-5-13(10-14,6-9-17)16-12(18)11-4-2-3-7-15-11/h2-4,7H,5-6,8-9H2,1H3,(H,16,18). The smallest absolute Gasteiger partial charge is 0.271 e. The van der Waals surface area contributed by atoms with Gasteiger partial charge in [-0.25, -0.2) is 0 Å². The molecule has 1 aliphatic rings. The summed E-state index contributed by atoms with van der Waals surface area (Å²) in [5.41, 5.74) is -0.396. The highest BCUT2D eigenvalue weighted by Gasteiger charge is 2.35. The van der Waals surface area contributed by atoms with Crippen LogP contribution in [0.4, 0.5) is 0 Å². The second-order valence-corrected chi connectivity index (χ2v) is 4.67. The maximum Gasteiger partial charge on any atom is 0.271 e. The summed E-state index contributed by atoms with van der Waals surface area (Å²) < 4.78 is 0. The second-order valence-electron chi connectivity index (χ2n) is 4.67. The summed E-state index contributed by atoms with van der Waals surface area (Å²) in [6.07, 6.45) is 2.87. The highest BCUT2D eigenvalue weighted by Crippen LogP contribution is 2.21. The minimum atomic E-state index is -0.749. The largest absolute Gasteiger partial charge is 0.332 e. The number of hydrogen-bond donors (Lipinski definition) is 1. The van der Waals surface area contributed by atoms with Crippen LogP contribution in [-0.4, -0.2) is 41.5 Å². The van der Waals surface area contributed by atoms with Gasteiger partial charge in [-0.15, -0.1) is 0 Å².